The molecule has 1 aromatic carbocycles. The quantitative estimate of drug-likeness (QED) is 0.456. The summed E-state index contributed by atoms with van der Waals surface area (Å²) in [5.74, 6) is 0.549. The summed E-state index contributed by atoms with van der Waals surface area (Å²) in [6.07, 6.45) is 6.59. The van der Waals surface area contributed by atoms with Gasteiger partial charge in [0.05, 0.1) is 22.5 Å². The van der Waals surface area contributed by atoms with Crippen molar-refractivity contribution in [1.29, 1.82) is 0 Å². The fraction of sp³-hybridized carbons (Fsp3) is 0.240. The fourth-order valence-corrected chi connectivity index (χ4v) is 4.19. The maximum Gasteiger partial charge on any atom is 0.256 e. The maximum atomic E-state index is 14.1. The van der Waals surface area contributed by atoms with Crippen molar-refractivity contribution in [2.45, 2.75) is 25.7 Å². The van der Waals surface area contributed by atoms with Gasteiger partial charge in [0, 0.05) is 49.2 Å². The first-order valence-corrected chi connectivity index (χ1v) is 10.8. The topological polar surface area (TPSA) is 85.0 Å². The van der Waals surface area contributed by atoms with Gasteiger partial charge in [0.25, 0.3) is 5.91 Å². The fourth-order valence-electron chi connectivity index (χ4n) is 4.19. The third kappa shape index (κ3) is 4.24. The minimum absolute atomic E-state index is 0.0960. The number of rotatable bonds is 4. The van der Waals surface area contributed by atoms with Crippen LogP contribution in [0.1, 0.15) is 40.5 Å². The minimum atomic E-state index is -0.495. The molecule has 1 amide bonds. The van der Waals surface area contributed by atoms with Gasteiger partial charge in [0.1, 0.15) is 5.82 Å². The van der Waals surface area contributed by atoms with E-state index in [9.17, 15) is 9.18 Å². The molecule has 0 N–H and O–H groups in total. The molecule has 0 unspecified atom stereocenters. The van der Waals surface area contributed by atoms with E-state index in [4.69, 9.17) is 9.51 Å². The van der Waals surface area contributed by atoms with Crippen molar-refractivity contribution in [3.05, 3.63) is 83.8 Å². The van der Waals surface area contributed by atoms with Crippen LogP contribution in [0.3, 0.4) is 0 Å². The van der Waals surface area contributed by atoms with Crippen molar-refractivity contribution in [3.63, 3.8) is 0 Å². The van der Waals surface area contributed by atoms with Crippen LogP contribution >= 0.6 is 0 Å². The first-order valence-electron chi connectivity index (χ1n) is 10.8. The van der Waals surface area contributed by atoms with Gasteiger partial charge < -0.3 is 9.42 Å². The molecule has 1 aliphatic heterocycles. The summed E-state index contributed by atoms with van der Waals surface area (Å²) in [7, 11) is 0. The molecule has 0 aliphatic carbocycles. The second-order valence-electron chi connectivity index (χ2n) is 8.11. The number of nitrogens with zero attached hydrogens (tertiary/aromatic N) is 5. The highest BCUT2D eigenvalue weighted by molar-refractivity contribution is 5.94. The number of benzene rings is 1. The Labute approximate surface area is 190 Å². The van der Waals surface area contributed by atoms with Crippen LogP contribution in [0.2, 0.25) is 0 Å². The molecule has 0 radical (unpaired) electrons. The van der Waals surface area contributed by atoms with E-state index in [1.165, 1.54) is 12.1 Å². The molecule has 5 rings (SSSR count). The van der Waals surface area contributed by atoms with Crippen molar-refractivity contribution in [2.75, 3.05) is 13.1 Å². The minimum Gasteiger partial charge on any atom is -0.356 e. The molecule has 0 bridgehead atoms. The number of aryl methyl sites for hydroxylation is 1. The highest BCUT2D eigenvalue weighted by Crippen LogP contribution is 2.35. The molecule has 8 heteroatoms. The van der Waals surface area contributed by atoms with Crippen molar-refractivity contribution < 1.29 is 13.7 Å². The third-order valence-electron chi connectivity index (χ3n) is 5.92. The molecule has 3 aromatic heterocycles. The van der Waals surface area contributed by atoms with E-state index in [1.807, 2.05) is 25.1 Å². The standard InChI is InChI=1S/C25H22FN5O2/c1-16-14-22(33-30-16)20-15-28-24(18-6-10-27-11-7-18)29-23(20)17-8-12-31(13-9-17)25(32)19-4-2-3-5-21(19)26/h2-7,10-11,14-15,17H,8-9,12-13H2,1H3. The van der Waals surface area contributed by atoms with Crippen LogP contribution in [0.4, 0.5) is 4.39 Å². The van der Waals surface area contributed by atoms with Gasteiger partial charge in [0.15, 0.2) is 11.6 Å². The van der Waals surface area contributed by atoms with Gasteiger partial charge in [-0.3, -0.25) is 9.78 Å². The second kappa shape index (κ2) is 8.90. The number of halogens is 1. The molecular formula is C25H22FN5O2. The molecule has 166 valence electrons. The van der Waals surface area contributed by atoms with Crippen molar-refractivity contribution in [2.24, 2.45) is 0 Å². The number of carbonyl (C=O) groups excluding carboxylic acids is 1. The summed E-state index contributed by atoms with van der Waals surface area (Å²) in [6.45, 7) is 2.90. The molecule has 1 saturated heterocycles. The number of hydrogen-bond donors (Lipinski definition) is 0. The zero-order chi connectivity index (χ0) is 22.8. The van der Waals surface area contributed by atoms with E-state index in [0.717, 1.165) is 22.5 Å². The lowest BCUT2D eigenvalue weighted by Gasteiger charge is -2.32. The average Bonchev–Trinajstić information content (AvgIpc) is 3.30. The van der Waals surface area contributed by atoms with Crippen molar-refractivity contribution in [3.8, 4) is 22.7 Å². The first-order chi connectivity index (χ1) is 16.1. The smallest absolute Gasteiger partial charge is 0.256 e. The number of amides is 1. The lowest BCUT2D eigenvalue weighted by Crippen LogP contribution is -2.38. The number of pyridine rings is 1. The van der Waals surface area contributed by atoms with E-state index in [-0.39, 0.29) is 17.4 Å². The Bertz CT molecular complexity index is 1280. The molecule has 0 atom stereocenters. The zero-order valence-electron chi connectivity index (χ0n) is 18.1. The van der Waals surface area contributed by atoms with Gasteiger partial charge in [0.2, 0.25) is 0 Å². The lowest BCUT2D eigenvalue weighted by atomic mass is 9.89. The van der Waals surface area contributed by atoms with E-state index in [0.29, 0.717) is 37.5 Å². The summed E-state index contributed by atoms with van der Waals surface area (Å²) >= 11 is 0. The summed E-state index contributed by atoms with van der Waals surface area (Å²) in [5.41, 5.74) is 3.42. The molecular weight excluding hydrogens is 421 g/mol. The molecule has 1 aliphatic rings. The van der Waals surface area contributed by atoms with Crippen LogP contribution in [0.15, 0.2) is 65.6 Å². The summed E-state index contributed by atoms with van der Waals surface area (Å²) < 4.78 is 19.6. The van der Waals surface area contributed by atoms with Crippen LogP contribution in [0.5, 0.6) is 0 Å². The number of likely N-dealkylation sites (tertiary alicyclic amines) is 1. The number of hydrogen-bond acceptors (Lipinski definition) is 6. The molecule has 1 fully saturated rings. The van der Waals surface area contributed by atoms with E-state index in [1.54, 1.807) is 35.6 Å². The number of carbonyl (C=O) groups is 1. The number of piperidine rings is 1. The Morgan fingerprint density at radius 2 is 1.88 bits per heavy atom. The van der Waals surface area contributed by atoms with Crippen LogP contribution < -0.4 is 0 Å². The largest absolute Gasteiger partial charge is 0.356 e. The maximum absolute atomic E-state index is 14.1. The number of aromatic nitrogens is 4. The summed E-state index contributed by atoms with van der Waals surface area (Å²) in [6, 6.07) is 11.7. The molecule has 33 heavy (non-hydrogen) atoms. The monoisotopic (exact) mass is 443 g/mol. The third-order valence-corrected chi connectivity index (χ3v) is 5.92. The predicted octanol–water partition coefficient (Wildman–Crippen LogP) is 4.66. The molecule has 4 aromatic rings. The van der Waals surface area contributed by atoms with Crippen LogP contribution in [-0.2, 0) is 0 Å². The van der Waals surface area contributed by atoms with E-state index in [2.05, 4.69) is 15.1 Å². The first kappa shape index (κ1) is 20.9. The molecule has 4 heterocycles. The van der Waals surface area contributed by atoms with Crippen molar-refractivity contribution in [1.82, 2.24) is 25.0 Å². The zero-order valence-corrected chi connectivity index (χ0v) is 18.1. The molecule has 7 nitrogen and oxygen atoms in total. The Hall–Kier alpha value is -3.94. The van der Waals surface area contributed by atoms with Crippen molar-refractivity contribution >= 4 is 5.91 Å². The Morgan fingerprint density at radius 3 is 2.58 bits per heavy atom. The van der Waals surface area contributed by atoms with Gasteiger partial charge in [-0.1, -0.05) is 17.3 Å². The van der Waals surface area contributed by atoms with Crippen LogP contribution in [-0.4, -0.2) is 44.0 Å². The Morgan fingerprint density at radius 1 is 1.12 bits per heavy atom. The SMILES string of the molecule is Cc1cc(-c2cnc(-c3ccncc3)nc2C2CCN(C(=O)c3ccccc3F)CC2)on1. The highest BCUT2D eigenvalue weighted by Gasteiger charge is 2.29. The Balaban J connectivity index is 1.43. The highest BCUT2D eigenvalue weighted by atomic mass is 19.1. The van der Waals surface area contributed by atoms with Gasteiger partial charge >= 0.3 is 0 Å². The van der Waals surface area contributed by atoms with E-state index >= 15 is 0 Å². The van der Waals surface area contributed by atoms with E-state index < -0.39 is 5.82 Å². The van der Waals surface area contributed by atoms with Gasteiger partial charge in [-0.2, -0.15) is 0 Å². The van der Waals surface area contributed by atoms with Gasteiger partial charge in [-0.25, -0.2) is 14.4 Å². The summed E-state index contributed by atoms with van der Waals surface area (Å²) in [5, 5.41) is 4.01. The molecule has 0 spiro atoms. The lowest BCUT2D eigenvalue weighted by molar-refractivity contribution is 0.0707. The predicted molar refractivity (Wildman–Crippen MR) is 120 cm³/mol. The average molecular weight is 443 g/mol. The van der Waals surface area contributed by atoms with Crippen LogP contribution in [0, 0.1) is 12.7 Å². The normalized spacial score (nSPS) is 14.4. The second-order valence-corrected chi connectivity index (χ2v) is 8.11. The van der Waals surface area contributed by atoms with Gasteiger partial charge in [-0.05, 0) is 44.0 Å². The Kier molecular flexibility index (Phi) is 5.64. The molecule has 0 saturated carbocycles. The summed E-state index contributed by atoms with van der Waals surface area (Å²) in [4.78, 5) is 28.0. The van der Waals surface area contributed by atoms with Crippen LogP contribution in [0.25, 0.3) is 22.7 Å². The van der Waals surface area contributed by atoms with Gasteiger partial charge in [-0.15, -0.1) is 0 Å².